The Morgan fingerprint density at radius 2 is 1.66 bits per heavy atom. The molecular formula is C22H31N3O3S. The van der Waals surface area contributed by atoms with Gasteiger partial charge in [0.15, 0.2) is 0 Å². The molecule has 2 N–H and O–H groups in total. The Labute approximate surface area is 174 Å². The van der Waals surface area contributed by atoms with Gasteiger partial charge in [0.25, 0.3) is 15.9 Å². The normalized spacial score (nSPS) is 12.1. The molecule has 0 aliphatic rings. The first-order chi connectivity index (χ1) is 13.4. The first-order valence-corrected chi connectivity index (χ1v) is 11.1. The quantitative estimate of drug-likeness (QED) is 0.724. The largest absolute Gasteiger partial charge is 0.351 e. The van der Waals surface area contributed by atoms with E-state index in [1.165, 1.54) is 0 Å². The Balaban J connectivity index is 2.16. The number of aryl methyl sites for hydroxylation is 1. The Bertz CT molecular complexity index is 960. The van der Waals surface area contributed by atoms with Gasteiger partial charge in [-0.2, -0.15) is 0 Å². The predicted octanol–water partition coefficient (Wildman–Crippen LogP) is 3.38. The lowest BCUT2D eigenvalue weighted by Crippen LogP contribution is -2.31. The van der Waals surface area contributed by atoms with Crippen LogP contribution in [0.25, 0.3) is 0 Å². The number of hydrogen-bond donors (Lipinski definition) is 2. The maximum absolute atomic E-state index is 12.9. The Morgan fingerprint density at radius 1 is 1.03 bits per heavy atom. The van der Waals surface area contributed by atoms with Crippen LogP contribution in [0.4, 0.5) is 5.69 Å². The molecule has 0 radical (unpaired) electrons. The van der Waals surface area contributed by atoms with Gasteiger partial charge in [-0.05, 0) is 67.9 Å². The van der Waals surface area contributed by atoms with Gasteiger partial charge in [-0.15, -0.1) is 0 Å². The van der Waals surface area contributed by atoms with Crippen molar-refractivity contribution >= 4 is 21.6 Å². The van der Waals surface area contributed by atoms with Crippen molar-refractivity contribution in [1.29, 1.82) is 0 Å². The van der Waals surface area contributed by atoms with Gasteiger partial charge in [-0.1, -0.05) is 32.9 Å². The van der Waals surface area contributed by atoms with E-state index in [0.29, 0.717) is 23.4 Å². The van der Waals surface area contributed by atoms with Crippen molar-refractivity contribution in [2.75, 3.05) is 31.9 Å². The van der Waals surface area contributed by atoms with Crippen molar-refractivity contribution in [3.05, 3.63) is 59.2 Å². The van der Waals surface area contributed by atoms with E-state index in [1.54, 1.807) is 37.3 Å². The van der Waals surface area contributed by atoms with E-state index in [1.807, 2.05) is 51.9 Å². The number of rotatable bonds is 7. The Morgan fingerprint density at radius 3 is 2.21 bits per heavy atom. The van der Waals surface area contributed by atoms with Crippen LogP contribution in [0, 0.1) is 6.92 Å². The zero-order valence-electron chi connectivity index (χ0n) is 18.0. The van der Waals surface area contributed by atoms with Crippen molar-refractivity contribution in [1.82, 2.24) is 10.2 Å². The van der Waals surface area contributed by atoms with Gasteiger partial charge in [0.2, 0.25) is 0 Å². The number of carbonyl (C=O) groups is 1. The van der Waals surface area contributed by atoms with Gasteiger partial charge in [0, 0.05) is 24.3 Å². The highest BCUT2D eigenvalue weighted by Crippen LogP contribution is 2.27. The highest BCUT2D eigenvalue weighted by atomic mass is 32.2. The van der Waals surface area contributed by atoms with E-state index < -0.39 is 10.0 Å². The summed E-state index contributed by atoms with van der Waals surface area (Å²) in [6, 6.07) is 11.9. The number of sulfonamides is 1. The van der Waals surface area contributed by atoms with Gasteiger partial charge in [-0.3, -0.25) is 9.52 Å². The minimum atomic E-state index is -3.74. The van der Waals surface area contributed by atoms with Crippen LogP contribution in [-0.4, -0.2) is 46.4 Å². The van der Waals surface area contributed by atoms with Crippen LogP contribution >= 0.6 is 0 Å². The standard InChI is InChI=1S/C22H31N3O3S/c1-16-7-10-18(22(2,3)4)15-20(16)29(27,28)24-19-11-8-17(9-12-19)21(26)23-13-14-25(5)6/h7-12,15,24H,13-14H2,1-6H3,(H,23,26). The molecule has 6 nitrogen and oxygen atoms in total. The topological polar surface area (TPSA) is 78.5 Å². The SMILES string of the molecule is Cc1ccc(C(C)(C)C)cc1S(=O)(=O)Nc1ccc(C(=O)NCCN(C)C)cc1. The third-order valence-corrected chi connectivity index (χ3v) is 6.11. The summed E-state index contributed by atoms with van der Waals surface area (Å²) < 4.78 is 28.5. The molecular weight excluding hydrogens is 386 g/mol. The number of benzene rings is 2. The van der Waals surface area contributed by atoms with Gasteiger partial charge in [-0.25, -0.2) is 8.42 Å². The summed E-state index contributed by atoms with van der Waals surface area (Å²) in [5, 5.41) is 2.83. The van der Waals surface area contributed by atoms with Crippen LogP contribution in [0.15, 0.2) is 47.4 Å². The van der Waals surface area contributed by atoms with Gasteiger partial charge < -0.3 is 10.2 Å². The second kappa shape index (κ2) is 8.97. The van der Waals surface area contributed by atoms with Gasteiger partial charge in [0.05, 0.1) is 4.90 Å². The third-order valence-electron chi connectivity index (χ3n) is 4.59. The van der Waals surface area contributed by atoms with Crippen LogP contribution in [0.5, 0.6) is 0 Å². The molecule has 0 heterocycles. The van der Waals surface area contributed by atoms with E-state index in [0.717, 1.165) is 12.1 Å². The molecule has 0 bridgehead atoms. The summed E-state index contributed by atoms with van der Waals surface area (Å²) in [4.78, 5) is 14.4. The van der Waals surface area contributed by atoms with E-state index in [4.69, 9.17) is 0 Å². The fourth-order valence-electron chi connectivity index (χ4n) is 2.75. The molecule has 0 aliphatic heterocycles. The molecule has 0 aromatic heterocycles. The van der Waals surface area contributed by atoms with Crippen LogP contribution in [0.2, 0.25) is 0 Å². The van der Waals surface area contributed by atoms with Crippen LogP contribution in [-0.2, 0) is 15.4 Å². The molecule has 0 atom stereocenters. The smallest absolute Gasteiger partial charge is 0.262 e. The lowest BCUT2D eigenvalue weighted by atomic mass is 9.87. The molecule has 0 aliphatic carbocycles. The lowest BCUT2D eigenvalue weighted by Gasteiger charge is -2.21. The van der Waals surface area contributed by atoms with E-state index in [2.05, 4.69) is 10.0 Å². The number of nitrogens with zero attached hydrogens (tertiary/aromatic N) is 1. The Kier molecular flexibility index (Phi) is 7.08. The van der Waals surface area contributed by atoms with Gasteiger partial charge >= 0.3 is 0 Å². The van der Waals surface area contributed by atoms with Crippen LogP contribution in [0.1, 0.15) is 42.3 Å². The van der Waals surface area contributed by atoms with E-state index in [9.17, 15) is 13.2 Å². The van der Waals surface area contributed by atoms with Crippen molar-refractivity contribution in [3.8, 4) is 0 Å². The van der Waals surface area contributed by atoms with Crippen molar-refractivity contribution in [2.24, 2.45) is 0 Å². The summed E-state index contributed by atoms with van der Waals surface area (Å²) >= 11 is 0. The number of likely N-dealkylation sites (N-methyl/N-ethyl adjacent to an activating group) is 1. The predicted molar refractivity (Wildman–Crippen MR) is 118 cm³/mol. The maximum atomic E-state index is 12.9. The summed E-state index contributed by atoms with van der Waals surface area (Å²) in [6.45, 7) is 9.21. The summed E-state index contributed by atoms with van der Waals surface area (Å²) in [6.07, 6.45) is 0. The summed E-state index contributed by atoms with van der Waals surface area (Å²) in [5.41, 5.74) is 2.38. The molecule has 0 fully saturated rings. The van der Waals surface area contributed by atoms with Crippen molar-refractivity contribution in [2.45, 2.75) is 38.0 Å². The number of amides is 1. The minimum absolute atomic E-state index is 0.153. The van der Waals surface area contributed by atoms with Crippen LogP contribution in [0.3, 0.4) is 0 Å². The van der Waals surface area contributed by atoms with E-state index in [-0.39, 0.29) is 16.2 Å². The first-order valence-electron chi connectivity index (χ1n) is 9.57. The maximum Gasteiger partial charge on any atom is 0.262 e. The lowest BCUT2D eigenvalue weighted by molar-refractivity contribution is 0.0951. The van der Waals surface area contributed by atoms with Gasteiger partial charge in [0.1, 0.15) is 0 Å². The van der Waals surface area contributed by atoms with E-state index >= 15 is 0 Å². The molecule has 0 unspecified atom stereocenters. The summed E-state index contributed by atoms with van der Waals surface area (Å²) in [5.74, 6) is -0.185. The summed E-state index contributed by atoms with van der Waals surface area (Å²) in [7, 11) is 0.133. The highest BCUT2D eigenvalue weighted by molar-refractivity contribution is 7.92. The molecule has 1 amide bonds. The average Bonchev–Trinajstić information content (AvgIpc) is 2.60. The minimum Gasteiger partial charge on any atom is -0.351 e. The molecule has 29 heavy (non-hydrogen) atoms. The first kappa shape index (κ1) is 22.9. The number of hydrogen-bond acceptors (Lipinski definition) is 4. The molecule has 2 rings (SSSR count). The molecule has 2 aromatic carbocycles. The second-order valence-electron chi connectivity index (χ2n) is 8.47. The Hall–Kier alpha value is -2.38. The number of nitrogens with one attached hydrogen (secondary N) is 2. The molecule has 7 heteroatoms. The fraction of sp³-hybridized carbons (Fsp3) is 0.409. The highest BCUT2D eigenvalue weighted by Gasteiger charge is 2.21. The van der Waals surface area contributed by atoms with Crippen LogP contribution < -0.4 is 10.0 Å². The second-order valence-corrected chi connectivity index (χ2v) is 10.1. The molecule has 0 saturated carbocycles. The zero-order chi connectivity index (χ0) is 21.8. The monoisotopic (exact) mass is 417 g/mol. The molecule has 0 spiro atoms. The number of anilines is 1. The third kappa shape index (κ3) is 6.30. The molecule has 158 valence electrons. The fourth-order valence-corrected chi connectivity index (χ4v) is 4.08. The molecule has 2 aromatic rings. The average molecular weight is 418 g/mol. The van der Waals surface area contributed by atoms with Crippen molar-refractivity contribution < 1.29 is 13.2 Å². The van der Waals surface area contributed by atoms with Crippen molar-refractivity contribution in [3.63, 3.8) is 0 Å². The number of carbonyl (C=O) groups excluding carboxylic acids is 1. The zero-order valence-corrected chi connectivity index (χ0v) is 18.9. The molecule has 0 saturated heterocycles.